The fourth-order valence-corrected chi connectivity index (χ4v) is 6.57. The van der Waals surface area contributed by atoms with Crippen LogP contribution in [-0.4, -0.2) is 37.6 Å². The number of sulfone groups is 1. The Bertz CT molecular complexity index is 1740. The van der Waals surface area contributed by atoms with Crippen molar-refractivity contribution in [2.45, 2.75) is 12.0 Å². The predicted molar refractivity (Wildman–Crippen MR) is 144 cm³/mol. The molecule has 3 aromatic rings. The lowest BCUT2D eigenvalue weighted by Gasteiger charge is -2.39. The van der Waals surface area contributed by atoms with Crippen molar-refractivity contribution in [3.05, 3.63) is 123 Å². The molecule has 0 spiro atoms. The summed E-state index contributed by atoms with van der Waals surface area (Å²) >= 11 is 0. The lowest BCUT2D eigenvalue weighted by atomic mass is 9.81. The third-order valence-electron chi connectivity index (χ3n) is 7.36. The molecule has 3 heterocycles. The van der Waals surface area contributed by atoms with Gasteiger partial charge in [0.25, 0.3) is 5.56 Å². The Hall–Kier alpha value is -3.98. The Balaban J connectivity index is 1.65. The Morgan fingerprint density at radius 1 is 1.08 bits per heavy atom. The quantitative estimate of drug-likeness (QED) is 0.550. The number of allylic oxidation sites excluding steroid dienone is 1. The van der Waals surface area contributed by atoms with E-state index in [1.807, 2.05) is 30.3 Å². The van der Waals surface area contributed by atoms with Crippen LogP contribution in [0.25, 0.3) is 11.3 Å². The summed E-state index contributed by atoms with van der Waals surface area (Å²) in [6.07, 6.45) is 6.34. The molecule has 0 fully saturated rings. The summed E-state index contributed by atoms with van der Waals surface area (Å²) in [6, 6.07) is 14.6. The molecular weight excluding hydrogens is 508 g/mol. The first kappa shape index (κ1) is 24.4. The lowest BCUT2D eigenvalue weighted by Crippen LogP contribution is -2.44. The second-order valence-corrected chi connectivity index (χ2v) is 12.1. The van der Waals surface area contributed by atoms with Gasteiger partial charge in [0, 0.05) is 49.8 Å². The Kier molecular flexibility index (Phi) is 5.64. The van der Waals surface area contributed by atoms with Crippen molar-refractivity contribution in [2.75, 3.05) is 23.5 Å². The minimum atomic E-state index is -3.45. The van der Waals surface area contributed by atoms with Crippen LogP contribution in [0.1, 0.15) is 22.6 Å². The SMILES string of the molecule is Cn1ccc2c(c1=O)C1=C3C(=CN(c4ccc(F)cc4F)C3[C@@H](c3ccccc3)CN1)C=C2CS(C)(=O)=O. The first-order valence-electron chi connectivity index (χ1n) is 12.2. The molecule has 1 aromatic heterocycles. The number of nitrogens with zero attached hydrogens (tertiary/aromatic N) is 2. The second-order valence-electron chi connectivity index (χ2n) is 9.98. The van der Waals surface area contributed by atoms with E-state index in [0.717, 1.165) is 23.5 Å². The van der Waals surface area contributed by atoms with E-state index in [1.165, 1.54) is 16.7 Å². The van der Waals surface area contributed by atoms with Crippen molar-refractivity contribution in [3.63, 3.8) is 0 Å². The molecule has 2 aromatic carbocycles. The molecule has 0 saturated carbocycles. The topological polar surface area (TPSA) is 71.4 Å². The number of hydrogen-bond donors (Lipinski definition) is 1. The molecule has 38 heavy (non-hydrogen) atoms. The highest BCUT2D eigenvalue weighted by atomic mass is 32.2. The summed E-state index contributed by atoms with van der Waals surface area (Å²) in [6.45, 7) is 0.451. The van der Waals surface area contributed by atoms with E-state index in [1.54, 1.807) is 36.5 Å². The molecule has 0 bridgehead atoms. The highest BCUT2D eigenvalue weighted by molar-refractivity contribution is 7.91. The van der Waals surface area contributed by atoms with Gasteiger partial charge in [0.05, 0.1) is 28.7 Å². The van der Waals surface area contributed by atoms with Crippen LogP contribution in [-0.2, 0) is 16.9 Å². The molecule has 0 saturated heterocycles. The van der Waals surface area contributed by atoms with Gasteiger partial charge in [-0.15, -0.1) is 0 Å². The highest BCUT2D eigenvalue weighted by Crippen LogP contribution is 2.48. The van der Waals surface area contributed by atoms with Gasteiger partial charge in [0.1, 0.15) is 11.6 Å². The van der Waals surface area contributed by atoms with Gasteiger partial charge in [-0.05, 0) is 46.5 Å². The number of aromatic nitrogens is 1. The van der Waals surface area contributed by atoms with Crippen LogP contribution in [0.5, 0.6) is 0 Å². The smallest absolute Gasteiger partial charge is 0.260 e. The molecule has 3 aliphatic rings. The number of pyridine rings is 1. The van der Waals surface area contributed by atoms with E-state index < -0.39 is 27.5 Å². The van der Waals surface area contributed by atoms with Gasteiger partial charge >= 0.3 is 0 Å². The van der Waals surface area contributed by atoms with E-state index in [2.05, 4.69) is 5.32 Å². The molecule has 0 amide bonds. The molecule has 1 N–H and O–H groups in total. The monoisotopic (exact) mass is 533 g/mol. The number of halogens is 2. The van der Waals surface area contributed by atoms with Gasteiger partial charge in [-0.3, -0.25) is 4.79 Å². The number of nitrogens with one attached hydrogen (secondary N) is 1. The Labute approximate surface area is 219 Å². The molecule has 1 aliphatic carbocycles. The highest BCUT2D eigenvalue weighted by Gasteiger charge is 2.44. The zero-order valence-corrected chi connectivity index (χ0v) is 21.6. The number of benzene rings is 2. The van der Waals surface area contributed by atoms with Crippen LogP contribution >= 0.6 is 0 Å². The van der Waals surface area contributed by atoms with Gasteiger partial charge < -0.3 is 14.8 Å². The summed E-state index contributed by atoms with van der Waals surface area (Å²) in [5.74, 6) is -1.79. The van der Waals surface area contributed by atoms with Gasteiger partial charge in [0.2, 0.25) is 0 Å². The van der Waals surface area contributed by atoms with Gasteiger partial charge in [-0.2, -0.15) is 0 Å². The molecular formula is C29H25F2N3O3S. The first-order valence-corrected chi connectivity index (χ1v) is 14.3. The number of aryl methyl sites for hydroxylation is 1. The minimum absolute atomic E-state index is 0.144. The number of rotatable bonds is 4. The second kappa shape index (κ2) is 8.80. The molecule has 9 heteroatoms. The third-order valence-corrected chi connectivity index (χ3v) is 8.20. The number of hydrogen-bond acceptors (Lipinski definition) is 5. The van der Waals surface area contributed by atoms with E-state index in [-0.39, 0.29) is 22.9 Å². The summed E-state index contributed by atoms with van der Waals surface area (Å²) in [5, 5.41) is 3.48. The van der Waals surface area contributed by atoms with Gasteiger partial charge in [-0.25, -0.2) is 17.2 Å². The standard InChI is InChI=1S/C29H25F2N3O3S/c1-33-11-10-21-19(16-38(2,36)37)12-18-15-34(24-9-8-20(30)13-23(24)31)28-22(17-6-4-3-5-7-17)14-32-27(25(18)28)26(21)29(33)35/h3-13,15,22,28,32H,14,16H2,1-2H3/t22-,28?/m1/s1. The molecule has 6 nitrogen and oxygen atoms in total. The van der Waals surface area contributed by atoms with Crippen LogP contribution in [0.2, 0.25) is 0 Å². The summed E-state index contributed by atoms with van der Waals surface area (Å²) in [5.41, 5.74) is 4.45. The fraction of sp³-hybridized carbons (Fsp3) is 0.207. The Morgan fingerprint density at radius 3 is 2.55 bits per heavy atom. The average molecular weight is 534 g/mol. The average Bonchev–Trinajstić information content (AvgIpc) is 3.17. The molecule has 2 aliphatic heterocycles. The number of anilines is 1. The molecule has 2 atom stereocenters. The predicted octanol–water partition coefficient (Wildman–Crippen LogP) is 3.98. The van der Waals surface area contributed by atoms with Crippen molar-refractivity contribution >= 4 is 26.8 Å². The van der Waals surface area contributed by atoms with Crippen molar-refractivity contribution < 1.29 is 17.2 Å². The van der Waals surface area contributed by atoms with Gasteiger partial charge in [0.15, 0.2) is 9.84 Å². The van der Waals surface area contributed by atoms with Gasteiger partial charge in [-0.1, -0.05) is 30.3 Å². The van der Waals surface area contributed by atoms with Crippen molar-refractivity contribution in [1.82, 2.24) is 9.88 Å². The van der Waals surface area contributed by atoms with Crippen molar-refractivity contribution in [1.29, 1.82) is 0 Å². The van der Waals surface area contributed by atoms with Crippen LogP contribution in [0.3, 0.4) is 0 Å². The lowest BCUT2D eigenvalue weighted by molar-refractivity contribution is 0.536. The zero-order chi connectivity index (χ0) is 26.8. The maximum Gasteiger partial charge on any atom is 0.260 e. The normalized spacial score (nSPS) is 20.3. The third kappa shape index (κ3) is 3.98. The summed E-state index contributed by atoms with van der Waals surface area (Å²) in [4.78, 5) is 15.3. The van der Waals surface area contributed by atoms with E-state index in [0.29, 0.717) is 34.5 Å². The maximum absolute atomic E-state index is 15.2. The fourth-order valence-electron chi connectivity index (χ4n) is 5.77. The van der Waals surface area contributed by atoms with Crippen LogP contribution in [0.4, 0.5) is 14.5 Å². The first-order chi connectivity index (χ1) is 18.1. The number of fused-ring (bicyclic) bond motifs is 2. The summed E-state index contributed by atoms with van der Waals surface area (Å²) < 4.78 is 55.3. The molecule has 0 radical (unpaired) electrons. The van der Waals surface area contributed by atoms with E-state index in [9.17, 15) is 17.6 Å². The van der Waals surface area contributed by atoms with Crippen LogP contribution in [0, 0.1) is 11.6 Å². The zero-order valence-electron chi connectivity index (χ0n) is 20.8. The van der Waals surface area contributed by atoms with E-state index >= 15 is 4.39 Å². The van der Waals surface area contributed by atoms with Crippen LogP contribution in [0.15, 0.2) is 89.0 Å². The molecule has 194 valence electrons. The van der Waals surface area contributed by atoms with E-state index in [4.69, 9.17) is 0 Å². The van der Waals surface area contributed by atoms with Crippen LogP contribution < -0.4 is 15.8 Å². The van der Waals surface area contributed by atoms with Crippen molar-refractivity contribution in [3.8, 4) is 0 Å². The largest absolute Gasteiger partial charge is 0.383 e. The molecule has 1 unspecified atom stereocenters. The summed E-state index contributed by atoms with van der Waals surface area (Å²) in [7, 11) is -1.80. The molecule has 6 rings (SSSR count). The minimum Gasteiger partial charge on any atom is -0.383 e. The maximum atomic E-state index is 15.2. The Morgan fingerprint density at radius 2 is 1.84 bits per heavy atom. The van der Waals surface area contributed by atoms with Crippen molar-refractivity contribution in [2.24, 2.45) is 7.05 Å².